The van der Waals surface area contributed by atoms with Crippen molar-refractivity contribution in [2.24, 2.45) is 11.8 Å². The van der Waals surface area contributed by atoms with Gasteiger partial charge >= 0.3 is 0 Å². The van der Waals surface area contributed by atoms with E-state index in [9.17, 15) is 4.79 Å². The Kier molecular flexibility index (Phi) is 6.90. The van der Waals surface area contributed by atoms with E-state index in [1.807, 2.05) is 0 Å². The lowest BCUT2D eigenvalue weighted by molar-refractivity contribution is -0.125. The second kappa shape index (κ2) is 9.58. The first-order valence-electron chi connectivity index (χ1n) is 9.60. The molecule has 1 aromatic heterocycles. The Hall–Kier alpha value is -2.31. The van der Waals surface area contributed by atoms with Crippen molar-refractivity contribution in [3.63, 3.8) is 0 Å². The molecule has 2 heterocycles. The van der Waals surface area contributed by atoms with Crippen molar-refractivity contribution in [2.45, 2.75) is 26.7 Å². The molecule has 0 bridgehead atoms. The van der Waals surface area contributed by atoms with Gasteiger partial charge in [-0.15, -0.1) is 0 Å². The molecular formula is C21H28N4O2. The Labute approximate surface area is 161 Å². The second-order valence-corrected chi connectivity index (χ2v) is 7.22. The van der Waals surface area contributed by atoms with Crippen molar-refractivity contribution >= 4 is 11.9 Å². The minimum Gasteiger partial charge on any atom is -0.303 e. The van der Waals surface area contributed by atoms with Crippen LogP contribution in [0.25, 0.3) is 0 Å². The summed E-state index contributed by atoms with van der Waals surface area (Å²) >= 11 is 0. The lowest BCUT2D eigenvalue weighted by Crippen LogP contribution is -2.43. The van der Waals surface area contributed by atoms with E-state index in [0.717, 1.165) is 32.5 Å². The van der Waals surface area contributed by atoms with Crippen LogP contribution in [0.2, 0.25) is 0 Å². The summed E-state index contributed by atoms with van der Waals surface area (Å²) in [4.78, 5) is 28.4. The number of piperidine rings is 1. The molecule has 1 amide bonds. The first kappa shape index (κ1) is 19.5. The molecule has 2 atom stereocenters. The quantitative estimate of drug-likeness (QED) is 0.703. The number of carbonyl (C=O) groups is 1. The highest BCUT2D eigenvalue weighted by atomic mass is 16.7. The SMILES string of the molecule is CC(=O)N(OC[C@@H]1CCN(CCc2ccccc2)C[C@@H]1C)c1ncccn1. The van der Waals surface area contributed by atoms with Crippen molar-refractivity contribution in [1.29, 1.82) is 0 Å². The maximum absolute atomic E-state index is 11.9. The summed E-state index contributed by atoms with van der Waals surface area (Å²) in [6, 6.07) is 12.3. The van der Waals surface area contributed by atoms with E-state index in [2.05, 4.69) is 52.1 Å². The molecule has 3 rings (SSSR count). The normalized spacial score (nSPS) is 20.4. The van der Waals surface area contributed by atoms with E-state index in [4.69, 9.17) is 4.84 Å². The van der Waals surface area contributed by atoms with Gasteiger partial charge < -0.3 is 4.90 Å². The maximum atomic E-state index is 11.9. The minimum absolute atomic E-state index is 0.214. The zero-order chi connectivity index (χ0) is 19.1. The number of nitrogens with zero attached hydrogens (tertiary/aromatic N) is 4. The standard InChI is InChI=1S/C21H28N4O2/c1-17-15-24(13-9-19-7-4-3-5-8-19)14-10-20(17)16-27-25(18(2)26)21-22-11-6-12-23-21/h3-8,11-12,17,20H,9-10,13-16H2,1-2H3/t17-,20-/m0/s1. The van der Waals surface area contributed by atoms with Gasteiger partial charge in [0, 0.05) is 32.4 Å². The van der Waals surface area contributed by atoms with E-state index in [1.54, 1.807) is 18.5 Å². The van der Waals surface area contributed by atoms with Gasteiger partial charge in [-0.2, -0.15) is 5.06 Å². The Morgan fingerprint density at radius 3 is 2.63 bits per heavy atom. The fraction of sp³-hybridized carbons (Fsp3) is 0.476. The molecule has 6 nitrogen and oxygen atoms in total. The summed E-state index contributed by atoms with van der Waals surface area (Å²) < 4.78 is 0. The third kappa shape index (κ3) is 5.58. The Bertz CT molecular complexity index is 711. The van der Waals surface area contributed by atoms with Crippen LogP contribution in [-0.2, 0) is 16.1 Å². The van der Waals surface area contributed by atoms with Crippen LogP contribution in [0.5, 0.6) is 0 Å². The maximum Gasteiger partial charge on any atom is 0.257 e. The number of aromatic nitrogens is 2. The fourth-order valence-corrected chi connectivity index (χ4v) is 3.52. The number of likely N-dealkylation sites (tertiary alicyclic amines) is 1. The summed E-state index contributed by atoms with van der Waals surface area (Å²) in [6.07, 6.45) is 5.36. The molecule has 1 saturated heterocycles. The Morgan fingerprint density at radius 2 is 1.96 bits per heavy atom. The molecule has 0 spiro atoms. The van der Waals surface area contributed by atoms with Crippen molar-refractivity contribution < 1.29 is 9.63 Å². The summed E-state index contributed by atoms with van der Waals surface area (Å²) in [5.74, 6) is 1.01. The molecule has 0 aliphatic carbocycles. The molecule has 1 fully saturated rings. The van der Waals surface area contributed by atoms with Crippen LogP contribution in [0, 0.1) is 11.8 Å². The van der Waals surface area contributed by atoms with Gasteiger partial charge in [-0.05, 0) is 42.9 Å². The number of amides is 1. The summed E-state index contributed by atoms with van der Waals surface area (Å²) in [5, 5.41) is 1.20. The molecule has 144 valence electrons. The van der Waals surface area contributed by atoms with Gasteiger partial charge in [0.25, 0.3) is 11.9 Å². The van der Waals surface area contributed by atoms with Gasteiger partial charge in [-0.3, -0.25) is 9.63 Å². The molecule has 0 radical (unpaired) electrons. The third-order valence-electron chi connectivity index (χ3n) is 5.16. The molecule has 6 heteroatoms. The van der Waals surface area contributed by atoms with Crippen LogP contribution in [0.4, 0.5) is 5.95 Å². The van der Waals surface area contributed by atoms with Crippen LogP contribution in [0.15, 0.2) is 48.8 Å². The van der Waals surface area contributed by atoms with Crippen LogP contribution >= 0.6 is 0 Å². The van der Waals surface area contributed by atoms with Crippen molar-refractivity contribution in [2.75, 3.05) is 31.3 Å². The number of hydrogen-bond acceptors (Lipinski definition) is 5. The smallest absolute Gasteiger partial charge is 0.257 e. The molecule has 0 saturated carbocycles. The molecule has 1 aromatic carbocycles. The highest BCUT2D eigenvalue weighted by molar-refractivity contribution is 5.87. The number of carbonyl (C=O) groups excluding carboxylic acids is 1. The lowest BCUT2D eigenvalue weighted by atomic mass is 9.87. The van der Waals surface area contributed by atoms with Gasteiger partial charge in [0.05, 0.1) is 6.61 Å². The van der Waals surface area contributed by atoms with E-state index in [1.165, 1.54) is 17.6 Å². The summed E-state index contributed by atoms with van der Waals surface area (Å²) in [6.45, 7) is 7.44. The second-order valence-electron chi connectivity index (χ2n) is 7.22. The Morgan fingerprint density at radius 1 is 1.22 bits per heavy atom. The Balaban J connectivity index is 1.47. The first-order chi connectivity index (χ1) is 13.1. The number of anilines is 1. The van der Waals surface area contributed by atoms with Gasteiger partial charge in [0.1, 0.15) is 0 Å². The molecular weight excluding hydrogens is 340 g/mol. The number of hydroxylamine groups is 1. The van der Waals surface area contributed by atoms with Crippen molar-refractivity contribution in [3.8, 4) is 0 Å². The van der Waals surface area contributed by atoms with Gasteiger partial charge in [0.15, 0.2) is 0 Å². The molecule has 2 aromatic rings. The zero-order valence-corrected chi connectivity index (χ0v) is 16.1. The van der Waals surface area contributed by atoms with Crippen LogP contribution in [0.1, 0.15) is 25.8 Å². The average molecular weight is 368 g/mol. The fourth-order valence-electron chi connectivity index (χ4n) is 3.52. The highest BCUT2D eigenvalue weighted by Gasteiger charge is 2.27. The molecule has 0 N–H and O–H groups in total. The minimum atomic E-state index is -0.214. The van der Waals surface area contributed by atoms with E-state index in [-0.39, 0.29) is 11.9 Å². The van der Waals surface area contributed by atoms with Crippen molar-refractivity contribution in [1.82, 2.24) is 14.9 Å². The predicted octanol–water partition coefficient (Wildman–Crippen LogP) is 2.96. The lowest BCUT2D eigenvalue weighted by Gasteiger charge is -2.37. The van der Waals surface area contributed by atoms with Gasteiger partial charge in [0.2, 0.25) is 0 Å². The molecule has 1 aliphatic heterocycles. The molecule has 1 aliphatic rings. The number of rotatable bonds is 7. The van der Waals surface area contributed by atoms with E-state index in [0.29, 0.717) is 18.4 Å². The monoisotopic (exact) mass is 368 g/mol. The molecule has 0 unspecified atom stereocenters. The molecule has 27 heavy (non-hydrogen) atoms. The zero-order valence-electron chi connectivity index (χ0n) is 16.1. The largest absolute Gasteiger partial charge is 0.303 e. The van der Waals surface area contributed by atoms with Crippen LogP contribution < -0.4 is 5.06 Å². The number of hydrogen-bond donors (Lipinski definition) is 0. The van der Waals surface area contributed by atoms with Crippen LogP contribution in [0.3, 0.4) is 0 Å². The highest BCUT2D eigenvalue weighted by Crippen LogP contribution is 2.24. The predicted molar refractivity (Wildman–Crippen MR) is 105 cm³/mol. The van der Waals surface area contributed by atoms with E-state index >= 15 is 0 Å². The first-order valence-corrected chi connectivity index (χ1v) is 9.60. The van der Waals surface area contributed by atoms with Gasteiger partial charge in [-0.25, -0.2) is 9.97 Å². The topological polar surface area (TPSA) is 58.6 Å². The summed E-state index contributed by atoms with van der Waals surface area (Å²) in [7, 11) is 0. The van der Waals surface area contributed by atoms with Crippen molar-refractivity contribution in [3.05, 3.63) is 54.4 Å². The number of benzene rings is 1. The third-order valence-corrected chi connectivity index (χ3v) is 5.16. The summed E-state index contributed by atoms with van der Waals surface area (Å²) in [5.41, 5.74) is 1.38. The van der Waals surface area contributed by atoms with Crippen LogP contribution in [-0.4, -0.2) is 47.0 Å². The van der Waals surface area contributed by atoms with E-state index < -0.39 is 0 Å². The average Bonchev–Trinajstić information content (AvgIpc) is 2.69. The van der Waals surface area contributed by atoms with Gasteiger partial charge in [-0.1, -0.05) is 37.3 Å².